The quantitative estimate of drug-likeness (QED) is 0.901. The zero-order valence-corrected chi connectivity index (χ0v) is 14.9. The number of likely N-dealkylation sites (tertiary alicyclic amines) is 1. The van der Waals surface area contributed by atoms with Crippen LogP contribution in [-0.4, -0.2) is 39.1 Å². The minimum atomic E-state index is -0.408. The lowest BCUT2D eigenvalue weighted by molar-refractivity contribution is -0.136. The SMILES string of the molecule is Cc1c(NC(=O)C(C(C)C)N2CCCC2=O)cnn1C1CCCC1. The van der Waals surface area contributed by atoms with Crippen molar-refractivity contribution in [2.24, 2.45) is 5.92 Å². The topological polar surface area (TPSA) is 67.2 Å². The van der Waals surface area contributed by atoms with Crippen molar-refractivity contribution in [3.63, 3.8) is 0 Å². The average Bonchev–Trinajstić information content (AvgIpc) is 3.24. The summed E-state index contributed by atoms with van der Waals surface area (Å²) < 4.78 is 2.05. The molecule has 1 saturated heterocycles. The van der Waals surface area contributed by atoms with Crippen LogP contribution in [0.4, 0.5) is 5.69 Å². The number of hydrogen-bond acceptors (Lipinski definition) is 3. The maximum absolute atomic E-state index is 12.8. The van der Waals surface area contributed by atoms with Gasteiger partial charge in [0, 0.05) is 13.0 Å². The average molecular weight is 332 g/mol. The van der Waals surface area contributed by atoms with E-state index in [9.17, 15) is 9.59 Å². The minimum absolute atomic E-state index is 0.0808. The molecule has 1 aliphatic heterocycles. The highest BCUT2D eigenvalue weighted by atomic mass is 16.2. The highest BCUT2D eigenvalue weighted by Gasteiger charge is 2.35. The van der Waals surface area contributed by atoms with Crippen molar-refractivity contribution in [3.05, 3.63) is 11.9 Å². The summed E-state index contributed by atoms with van der Waals surface area (Å²) in [6.45, 7) is 6.66. The van der Waals surface area contributed by atoms with E-state index in [1.54, 1.807) is 11.1 Å². The van der Waals surface area contributed by atoms with E-state index in [1.165, 1.54) is 12.8 Å². The van der Waals surface area contributed by atoms with Gasteiger partial charge < -0.3 is 10.2 Å². The maximum Gasteiger partial charge on any atom is 0.247 e. The summed E-state index contributed by atoms with van der Waals surface area (Å²) in [7, 11) is 0. The van der Waals surface area contributed by atoms with Gasteiger partial charge in [-0.15, -0.1) is 0 Å². The van der Waals surface area contributed by atoms with Gasteiger partial charge in [-0.3, -0.25) is 14.3 Å². The summed E-state index contributed by atoms with van der Waals surface area (Å²) >= 11 is 0. The Hall–Kier alpha value is -1.85. The van der Waals surface area contributed by atoms with Crippen LogP contribution < -0.4 is 5.32 Å². The Morgan fingerprint density at radius 2 is 2.00 bits per heavy atom. The molecule has 1 unspecified atom stereocenters. The highest BCUT2D eigenvalue weighted by Crippen LogP contribution is 2.31. The van der Waals surface area contributed by atoms with E-state index >= 15 is 0 Å². The monoisotopic (exact) mass is 332 g/mol. The van der Waals surface area contributed by atoms with Crippen LogP contribution in [0.1, 0.15) is 64.1 Å². The van der Waals surface area contributed by atoms with Crippen molar-refractivity contribution in [2.45, 2.75) is 71.4 Å². The molecule has 1 saturated carbocycles. The molecule has 0 aromatic carbocycles. The molecular weight excluding hydrogens is 304 g/mol. The van der Waals surface area contributed by atoms with Crippen molar-refractivity contribution in [1.82, 2.24) is 14.7 Å². The first-order valence-electron chi connectivity index (χ1n) is 9.13. The predicted molar refractivity (Wildman–Crippen MR) is 92.7 cm³/mol. The summed E-state index contributed by atoms with van der Waals surface area (Å²) in [6, 6.07) is 0.0472. The normalized spacial score (nSPS) is 20.2. The van der Waals surface area contributed by atoms with E-state index in [1.807, 2.05) is 25.5 Å². The molecule has 1 aromatic rings. The Balaban J connectivity index is 1.74. The molecule has 6 heteroatoms. The highest BCUT2D eigenvalue weighted by molar-refractivity contribution is 5.98. The second-order valence-electron chi connectivity index (χ2n) is 7.40. The van der Waals surface area contributed by atoms with Crippen molar-refractivity contribution in [2.75, 3.05) is 11.9 Å². The van der Waals surface area contributed by atoms with Crippen molar-refractivity contribution in [1.29, 1.82) is 0 Å². The van der Waals surface area contributed by atoms with Crippen molar-refractivity contribution in [3.8, 4) is 0 Å². The van der Waals surface area contributed by atoms with Crippen LogP contribution in [0.5, 0.6) is 0 Å². The third-order valence-electron chi connectivity index (χ3n) is 5.32. The van der Waals surface area contributed by atoms with Gasteiger partial charge in [-0.1, -0.05) is 26.7 Å². The molecule has 2 heterocycles. The number of carbonyl (C=O) groups excluding carboxylic acids is 2. The lowest BCUT2D eigenvalue weighted by Crippen LogP contribution is -2.48. The van der Waals surface area contributed by atoms with E-state index in [0.717, 1.165) is 30.6 Å². The maximum atomic E-state index is 12.8. The number of nitrogens with one attached hydrogen (secondary N) is 1. The van der Waals surface area contributed by atoms with Crippen LogP contribution in [0, 0.1) is 12.8 Å². The Bertz CT molecular complexity index is 617. The lowest BCUT2D eigenvalue weighted by atomic mass is 10.0. The van der Waals surface area contributed by atoms with Gasteiger partial charge in [0.15, 0.2) is 0 Å². The molecule has 2 fully saturated rings. The second kappa shape index (κ2) is 6.95. The van der Waals surface area contributed by atoms with Crippen molar-refractivity contribution < 1.29 is 9.59 Å². The predicted octanol–water partition coefficient (Wildman–Crippen LogP) is 2.89. The fraction of sp³-hybridized carbons (Fsp3) is 0.722. The fourth-order valence-corrected chi connectivity index (χ4v) is 4.04. The van der Waals surface area contributed by atoms with E-state index in [0.29, 0.717) is 19.0 Å². The standard InChI is InChI=1S/C18H28N4O2/c1-12(2)17(21-10-6-9-16(21)23)18(24)20-15-11-19-22(13(15)3)14-7-4-5-8-14/h11-12,14,17H,4-10H2,1-3H3,(H,20,24). The zero-order chi connectivity index (χ0) is 17.3. The summed E-state index contributed by atoms with van der Waals surface area (Å²) in [5, 5.41) is 7.51. The van der Waals surface area contributed by atoms with Crippen LogP contribution in [0.2, 0.25) is 0 Å². The second-order valence-corrected chi connectivity index (χ2v) is 7.40. The molecule has 24 heavy (non-hydrogen) atoms. The summed E-state index contributed by atoms with van der Waals surface area (Å²) in [4.78, 5) is 26.6. The molecule has 6 nitrogen and oxygen atoms in total. The molecule has 1 aliphatic carbocycles. The van der Waals surface area contributed by atoms with E-state index < -0.39 is 6.04 Å². The summed E-state index contributed by atoms with van der Waals surface area (Å²) in [5.41, 5.74) is 1.77. The molecule has 2 aliphatic rings. The Morgan fingerprint density at radius 1 is 1.29 bits per heavy atom. The van der Waals surface area contributed by atoms with Gasteiger partial charge in [-0.05, 0) is 32.1 Å². The van der Waals surface area contributed by atoms with Crippen LogP contribution >= 0.6 is 0 Å². The number of carbonyl (C=O) groups is 2. The van der Waals surface area contributed by atoms with Gasteiger partial charge in [-0.25, -0.2) is 0 Å². The van der Waals surface area contributed by atoms with Gasteiger partial charge in [0.2, 0.25) is 11.8 Å². The van der Waals surface area contributed by atoms with Crippen LogP contribution in [0.15, 0.2) is 6.20 Å². The van der Waals surface area contributed by atoms with Gasteiger partial charge in [0.25, 0.3) is 0 Å². The molecule has 0 radical (unpaired) electrons. The number of amides is 2. The number of rotatable bonds is 5. The molecule has 132 valence electrons. The van der Waals surface area contributed by atoms with Gasteiger partial charge in [-0.2, -0.15) is 5.10 Å². The van der Waals surface area contributed by atoms with Gasteiger partial charge in [0.1, 0.15) is 6.04 Å². The summed E-state index contributed by atoms with van der Waals surface area (Å²) in [6.07, 6.45) is 7.95. The van der Waals surface area contributed by atoms with Gasteiger partial charge >= 0.3 is 0 Å². The first-order chi connectivity index (χ1) is 11.5. The molecule has 2 amide bonds. The Morgan fingerprint density at radius 3 is 2.58 bits per heavy atom. The molecule has 0 bridgehead atoms. The minimum Gasteiger partial charge on any atom is -0.330 e. The third-order valence-corrected chi connectivity index (χ3v) is 5.32. The van der Waals surface area contributed by atoms with E-state index in [-0.39, 0.29) is 17.7 Å². The molecular formula is C18H28N4O2. The molecule has 1 aromatic heterocycles. The van der Waals surface area contributed by atoms with Crippen LogP contribution in [0.3, 0.4) is 0 Å². The van der Waals surface area contributed by atoms with Gasteiger partial charge in [0.05, 0.1) is 23.6 Å². The molecule has 1 N–H and O–H groups in total. The molecule has 1 atom stereocenters. The Kier molecular flexibility index (Phi) is 4.92. The van der Waals surface area contributed by atoms with Crippen LogP contribution in [0.25, 0.3) is 0 Å². The first-order valence-corrected chi connectivity index (χ1v) is 9.13. The number of anilines is 1. The van der Waals surface area contributed by atoms with E-state index in [4.69, 9.17) is 0 Å². The lowest BCUT2D eigenvalue weighted by Gasteiger charge is -2.29. The number of nitrogens with zero attached hydrogens (tertiary/aromatic N) is 3. The third kappa shape index (κ3) is 3.19. The zero-order valence-electron chi connectivity index (χ0n) is 14.9. The summed E-state index contributed by atoms with van der Waals surface area (Å²) in [5.74, 6) is 0.0637. The molecule has 0 spiro atoms. The molecule has 3 rings (SSSR count). The largest absolute Gasteiger partial charge is 0.330 e. The van der Waals surface area contributed by atoms with Crippen molar-refractivity contribution >= 4 is 17.5 Å². The number of aromatic nitrogens is 2. The first kappa shape index (κ1) is 17.0. The van der Waals surface area contributed by atoms with Crippen LogP contribution in [-0.2, 0) is 9.59 Å². The number of hydrogen-bond donors (Lipinski definition) is 1. The van der Waals surface area contributed by atoms with E-state index in [2.05, 4.69) is 10.4 Å². The smallest absolute Gasteiger partial charge is 0.247 e. The fourth-order valence-electron chi connectivity index (χ4n) is 4.04. The Labute approximate surface area is 143 Å².